The average Bonchev–Trinajstić information content (AvgIpc) is 2.57. The summed E-state index contributed by atoms with van der Waals surface area (Å²) in [5.74, 6) is 0.431. The number of hydrogen-bond donors (Lipinski definition) is 2. The molecule has 4 unspecified atom stereocenters. The molecule has 0 aromatic carbocycles. The largest absolute Gasteiger partial charge is 0.393 e. The molecule has 3 heteroatoms. The number of aliphatic hydroxyl groups excluding tert-OH is 1. The molecule has 82 valence electrons. The Balaban J connectivity index is 1.87. The standard InChI is InChI=1S/C11H22N2O/c1-8-7-13(5-4-11(8)14)10-3-2-9(12)6-10/h8-11,14H,2-7,12H2,1H3. The van der Waals surface area contributed by atoms with Gasteiger partial charge in [-0.15, -0.1) is 0 Å². The van der Waals surface area contributed by atoms with Crippen molar-refractivity contribution in [2.24, 2.45) is 11.7 Å². The molecule has 1 saturated heterocycles. The van der Waals surface area contributed by atoms with Crippen LogP contribution in [0.4, 0.5) is 0 Å². The first kappa shape index (κ1) is 10.4. The SMILES string of the molecule is CC1CN(C2CCC(N)C2)CCC1O. The molecule has 1 saturated carbocycles. The fourth-order valence-corrected chi connectivity index (χ4v) is 2.82. The third-order valence-electron chi connectivity index (χ3n) is 3.85. The molecular weight excluding hydrogens is 176 g/mol. The number of piperidine rings is 1. The highest BCUT2D eigenvalue weighted by molar-refractivity contribution is 4.88. The number of nitrogens with two attached hydrogens (primary N) is 1. The third-order valence-corrected chi connectivity index (χ3v) is 3.85. The highest BCUT2D eigenvalue weighted by atomic mass is 16.3. The van der Waals surface area contributed by atoms with E-state index in [1.807, 2.05) is 0 Å². The summed E-state index contributed by atoms with van der Waals surface area (Å²) in [5, 5.41) is 9.64. The molecule has 2 rings (SSSR count). The van der Waals surface area contributed by atoms with E-state index in [1.165, 1.54) is 12.8 Å². The molecule has 0 aromatic heterocycles. The zero-order chi connectivity index (χ0) is 10.1. The van der Waals surface area contributed by atoms with Crippen molar-refractivity contribution in [3.05, 3.63) is 0 Å². The molecule has 3 N–H and O–H groups in total. The van der Waals surface area contributed by atoms with Gasteiger partial charge in [-0.2, -0.15) is 0 Å². The highest BCUT2D eigenvalue weighted by Crippen LogP contribution is 2.27. The Bertz CT molecular complexity index is 198. The second-order valence-electron chi connectivity index (χ2n) is 5.06. The van der Waals surface area contributed by atoms with E-state index in [2.05, 4.69) is 11.8 Å². The van der Waals surface area contributed by atoms with Gasteiger partial charge in [-0.25, -0.2) is 0 Å². The van der Waals surface area contributed by atoms with Gasteiger partial charge < -0.3 is 10.8 Å². The van der Waals surface area contributed by atoms with Crippen LogP contribution in [0.25, 0.3) is 0 Å². The van der Waals surface area contributed by atoms with Crippen molar-refractivity contribution in [1.82, 2.24) is 4.90 Å². The Kier molecular flexibility index (Phi) is 3.10. The van der Waals surface area contributed by atoms with E-state index in [4.69, 9.17) is 5.73 Å². The van der Waals surface area contributed by atoms with Gasteiger partial charge in [0.05, 0.1) is 6.10 Å². The summed E-state index contributed by atoms with van der Waals surface area (Å²) in [6.07, 6.45) is 4.44. The monoisotopic (exact) mass is 198 g/mol. The summed E-state index contributed by atoms with van der Waals surface area (Å²) >= 11 is 0. The molecule has 0 aromatic rings. The Morgan fingerprint density at radius 2 is 2.07 bits per heavy atom. The van der Waals surface area contributed by atoms with Gasteiger partial charge in [0.25, 0.3) is 0 Å². The maximum absolute atomic E-state index is 9.64. The molecule has 0 spiro atoms. The van der Waals surface area contributed by atoms with Crippen LogP contribution in [0, 0.1) is 5.92 Å². The molecule has 0 bridgehead atoms. The quantitative estimate of drug-likeness (QED) is 0.647. The lowest BCUT2D eigenvalue weighted by Gasteiger charge is -2.38. The smallest absolute Gasteiger partial charge is 0.0590 e. The third kappa shape index (κ3) is 2.10. The van der Waals surface area contributed by atoms with Gasteiger partial charge in [0.15, 0.2) is 0 Å². The van der Waals surface area contributed by atoms with Gasteiger partial charge in [-0.1, -0.05) is 6.92 Å². The molecule has 1 aliphatic carbocycles. The number of aliphatic hydroxyl groups is 1. The van der Waals surface area contributed by atoms with Crippen molar-refractivity contribution in [3.8, 4) is 0 Å². The summed E-state index contributed by atoms with van der Waals surface area (Å²) in [7, 11) is 0. The lowest BCUT2D eigenvalue weighted by Crippen LogP contribution is -2.46. The van der Waals surface area contributed by atoms with E-state index >= 15 is 0 Å². The van der Waals surface area contributed by atoms with Crippen LogP contribution in [0.5, 0.6) is 0 Å². The van der Waals surface area contributed by atoms with Crippen molar-refractivity contribution in [2.75, 3.05) is 13.1 Å². The fourth-order valence-electron chi connectivity index (χ4n) is 2.82. The van der Waals surface area contributed by atoms with E-state index in [0.717, 1.165) is 25.9 Å². The van der Waals surface area contributed by atoms with Crippen LogP contribution in [-0.2, 0) is 0 Å². The minimum atomic E-state index is -0.0821. The van der Waals surface area contributed by atoms with Crippen LogP contribution in [0.3, 0.4) is 0 Å². The molecule has 3 nitrogen and oxygen atoms in total. The first-order valence-corrected chi connectivity index (χ1v) is 5.84. The second-order valence-corrected chi connectivity index (χ2v) is 5.06. The van der Waals surface area contributed by atoms with Gasteiger partial charge in [-0.3, -0.25) is 4.90 Å². The van der Waals surface area contributed by atoms with Crippen molar-refractivity contribution < 1.29 is 5.11 Å². The van der Waals surface area contributed by atoms with E-state index in [1.54, 1.807) is 0 Å². The first-order chi connectivity index (χ1) is 6.66. The van der Waals surface area contributed by atoms with E-state index in [0.29, 0.717) is 18.0 Å². The molecule has 0 radical (unpaired) electrons. The molecule has 4 atom stereocenters. The zero-order valence-corrected chi connectivity index (χ0v) is 9.02. The van der Waals surface area contributed by atoms with Crippen molar-refractivity contribution >= 4 is 0 Å². The van der Waals surface area contributed by atoms with Crippen molar-refractivity contribution in [1.29, 1.82) is 0 Å². The zero-order valence-electron chi connectivity index (χ0n) is 9.02. The van der Waals surface area contributed by atoms with Gasteiger partial charge in [0, 0.05) is 25.2 Å². The number of hydrogen-bond acceptors (Lipinski definition) is 3. The number of likely N-dealkylation sites (tertiary alicyclic amines) is 1. The predicted molar refractivity (Wildman–Crippen MR) is 57.0 cm³/mol. The molecular formula is C11H22N2O. The lowest BCUT2D eigenvalue weighted by atomic mass is 9.95. The summed E-state index contributed by atoms with van der Waals surface area (Å²) in [6, 6.07) is 1.11. The van der Waals surface area contributed by atoms with Crippen LogP contribution < -0.4 is 5.73 Å². The van der Waals surface area contributed by atoms with E-state index in [9.17, 15) is 5.11 Å². The summed E-state index contributed by atoms with van der Waals surface area (Å²) in [6.45, 7) is 4.26. The molecule has 0 amide bonds. The Morgan fingerprint density at radius 3 is 2.64 bits per heavy atom. The number of nitrogens with zero attached hydrogens (tertiary/aromatic N) is 1. The molecule has 2 aliphatic rings. The maximum atomic E-state index is 9.64. The van der Waals surface area contributed by atoms with Gasteiger partial charge >= 0.3 is 0 Å². The molecule has 14 heavy (non-hydrogen) atoms. The van der Waals surface area contributed by atoms with Gasteiger partial charge in [0.2, 0.25) is 0 Å². The average molecular weight is 198 g/mol. The predicted octanol–water partition coefficient (Wildman–Crippen LogP) is 0.569. The first-order valence-electron chi connectivity index (χ1n) is 5.84. The van der Waals surface area contributed by atoms with Crippen LogP contribution in [0.15, 0.2) is 0 Å². The summed E-state index contributed by atoms with van der Waals surface area (Å²) in [4.78, 5) is 2.53. The van der Waals surface area contributed by atoms with Crippen LogP contribution in [-0.4, -0.2) is 41.3 Å². The topological polar surface area (TPSA) is 49.5 Å². The molecule has 1 heterocycles. The summed E-state index contributed by atoms with van der Waals surface area (Å²) < 4.78 is 0. The van der Waals surface area contributed by atoms with E-state index < -0.39 is 0 Å². The van der Waals surface area contributed by atoms with Gasteiger partial charge in [-0.05, 0) is 31.6 Å². The Morgan fingerprint density at radius 1 is 1.29 bits per heavy atom. The van der Waals surface area contributed by atoms with Crippen LogP contribution in [0.1, 0.15) is 32.6 Å². The number of rotatable bonds is 1. The Labute approximate surface area is 86.3 Å². The maximum Gasteiger partial charge on any atom is 0.0590 e. The molecule has 1 aliphatic heterocycles. The summed E-state index contributed by atoms with van der Waals surface area (Å²) in [5.41, 5.74) is 5.92. The van der Waals surface area contributed by atoms with Gasteiger partial charge in [0.1, 0.15) is 0 Å². The normalized spacial score (nSPS) is 45.6. The highest BCUT2D eigenvalue weighted by Gasteiger charge is 2.32. The Hall–Kier alpha value is -0.120. The fraction of sp³-hybridized carbons (Fsp3) is 1.00. The minimum Gasteiger partial charge on any atom is -0.393 e. The van der Waals surface area contributed by atoms with Crippen LogP contribution >= 0.6 is 0 Å². The van der Waals surface area contributed by atoms with E-state index in [-0.39, 0.29) is 6.10 Å². The second kappa shape index (κ2) is 4.17. The minimum absolute atomic E-state index is 0.0821. The lowest BCUT2D eigenvalue weighted by molar-refractivity contribution is 0.0181. The van der Waals surface area contributed by atoms with Crippen molar-refractivity contribution in [3.63, 3.8) is 0 Å². The van der Waals surface area contributed by atoms with Crippen LogP contribution in [0.2, 0.25) is 0 Å². The van der Waals surface area contributed by atoms with Crippen molar-refractivity contribution in [2.45, 2.75) is 50.8 Å². The molecule has 2 fully saturated rings.